The molecule has 2 rings (SSSR count). The predicted molar refractivity (Wildman–Crippen MR) is 87.1 cm³/mol. The van der Waals surface area contributed by atoms with Gasteiger partial charge in [0.15, 0.2) is 0 Å². The van der Waals surface area contributed by atoms with Crippen LogP contribution in [-0.2, 0) is 6.54 Å². The number of thioether (sulfide) groups is 1. The summed E-state index contributed by atoms with van der Waals surface area (Å²) in [6.45, 7) is 11.2. The highest BCUT2D eigenvalue weighted by Crippen LogP contribution is 2.32. The van der Waals surface area contributed by atoms with Gasteiger partial charge in [0.2, 0.25) is 0 Å². The topological polar surface area (TPSA) is 15.3 Å². The van der Waals surface area contributed by atoms with Gasteiger partial charge in [0, 0.05) is 36.2 Å². The Bertz CT molecular complexity index is 440. The second-order valence-electron chi connectivity index (χ2n) is 5.95. The van der Waals surface area contributed by atoms with Crippen LogP contribution in [0.4, 0.5) is 10.1 Å². The van der Waals surface area contributed by atoms with Gasteiger partial charge in [-0.25, -0.2) is 4.39 Å². The molecule has 1 N–H and O–H groups in total. The number of nitrogens with zero attached hydrogens (tertiary/aromatic N) is 1. The molecule has 4 heteroatoms. The van der Waals surface area contributed by atoms with Crippen molar-refractivity contribution in [1.29, 1.82) is 0 Å². The normalized spacial score (nSPS) is 23.4. The van der Waals surface area contributed by atoms with Gasteiger partial charge in [-0.2, -0.15) is 11.8 Å². The average Bonchev–Trinajstić information content (AvgIpc) is 2.35. The molecule has 1 saturated heterocycles. The van der Waals surface area contributed by atoms with Crippen LogP contribution in [0.2, 0.25) is 0 Å². The summed E-state index contributed by atoms with van der Waals surface area (Å²) in [6.07, 6.45) is 0. The summed E-state index contributed by atoms with van der Waals surface area (Å²) in [6, 6.07) is 5.82. The molecule has 1 aromatic carbocycles. The van der Waals surface area contributed by atoms with Crippen LogP contribution < -0.4 is 10.2 Å². The molecular formula is C16H25FN2S. The van der Waals surface area contributed by atoms with Crippen molar-refractivity contribution in [3.8, 4) is 0 Å². The van der Waals surface area contributed by atoms with Crippen LogP contribution >= 0.6 is 11.8 Å². The highest BCUT2D eigenvalue weighted by atomic mass is 32.2. The smallest absolute Gasteiger partial charge is 0.146 e. The maximum atomic E-state index is 14.3. The van der Waals surface area contributed by atoms with Gasteiger partial charge < -0.3 is 10.2 Å². The summed E-state index contributed by atoms with van der Waals surface area (Å²) < 4.78 is 14.3. The van der Waals surface area contributed by atoms with Crippen LogP contribution in [0.25, 0.3) is 0 Å². The zero-order valence-corrected chi connectivity index (χ0v) is 13.6. The first kappa shape index (κ1) is 15.6. The standard InChI is InChI=1S/C16H25FN2S/c1-11(2)18-8-14-6-5-7-15(17)16(14)19-9-12(3)20-13(4)10-19/h5-7,11-13,18H,8-10H2,1-4H3. The van der Waals surface area contributed by atoms with Gasteiger partial charge in [-0.1, -0.05) is 39.8 Å². The predicted octanol–water partition coefficient (Wildman–Crippen LogP) is 3.65. The fourth-order valence-corrected chi connectivity index (χ4v) is 4.06. The summed E-state index contributed by atoms with van der Waals surface area (Å²) in [5.74, 6) is -0.0978. The van der Waals surface area contributed by atoms with Gasteiger partial charge in [0.05, 0.1) is 5.69 Å². The zero-order valence-electron chi connectivity index (χ0n) is 12.8. The maximum Gasteiger partial charge on any atom is 0.146 e. The molecule has 0 amide bonds. The van der Waals surface area contributed by atoms with Gasteiger partial charge in [0.1, 0.15) is 5.82 Å². The molecule has 0 radical (unpaired) electrons. The molecule has 2 unspecified atom stereocenters. The van der Waals surface area contributed by atoms with E-state index in [1.54, 1.807) is 6.07 Å². The molecule has 1 aromatic rings. The van der Waals surface area contributed by atoms with Crippen molar-refractivity contribution in [2.45, 2.75) is 50.8 Å². The lowest BCUT2D eigenvalue weighted by molar-refractivity contribution is 0.575. The number of anilines is 1. The van der Waals surface area contributed by atoms with Gasteiger partial charge in [-0.15, -0.1) is 0 Å². The first-order valence-electron chi connectivity index (χ1n) is 7.38. The van der Waals surface area contributed by atoms with Gasteiger partial charge in [-0.05, 0) is 11.6 Å². The molecule has 0 aliphatic carbocycles. The van der Waals surface area contributed by atoms with E-state index in [4.69, 9.17) is 0 Å². The molecule has 0 aromatic heterocycles. The highest BCUT2D eigenvalue weighted by Gasteiger charge is 2.25. The number of para-hydroxylation sites is 1. The van der Waals surface area contributed by atoms with E-state index in [2.05, 4.69) is 37.9 Å². The van der Waals surface area contributed by atoms with Crippen molar-refractivity contribution in [2.24, 2.45) is 0 Å². The Morgan fingerprint density at radius 3 is 2.55 bits per heavy atom. The molecule has 1 heterocycles. The number of nitrogens with one attached hydrogen (secondary N) is 1. The van der Waals surface area contributed by atoms with E-state index >= 15 is 0 Å². The third-order valence-corrected chi connectivity index (χ3v) is 4.73. The SMILES string of the molecule is CC(C)NCc1cccc(F)c1N1CC(C)SC(C)C1. The van der Waals surface area contributed by atoms with Crippen LogP contribution in [0, 0.1) is 5.82 Å². The molecular weight excluding hydrogens is 271 g/mol. The van der Waals surface area contributed by atoms with E-state index in [-0.39, 0.29) is 5.82 Å². The molecule has 20 heavy (non-hydrogen) atoms. The van der Waals surface area contributed by atoms with Crippen molar-refractivity contribution < 1.29 is 4.39 Å². The molecule has 0 bridgehead atoms. The summed E-state index contributed by atoms with van der Waals surface area (Å²) in [5, 5.41) is 4.48. The van der Waals surface area contributed by atoms with Crippen molar-refractivity contribution in [1.82, 2.24) is 5.32 Å². The molecule has 1 aliphatic rings. The Morgan fingerprint density at radius 2 is 1.95 bits per heavy atom. The third kappa shape index (κ3) is 3.89. The van der Waals surface area contributed by atoms with Crippen molar-refractivity contribution in [3.05, 3.63) is 29.6 Å². The lowest BCUT2D eigenvalue weighted by Crippen LogP contribution is -2.41. The summed E-state index contributed by atoms with van der Waals surface area (Å²) in [4.78, 5) is 2.22. The Hall–Kier alpha value is -0.740. The number of rotatable bonds is 4. The summed E-state index contributed by atoms with van der Waals surface area (Å²) in [5.41, 5.74) is 1.85. The van der Waals surface area contributed by atoms with Crippen LogP contribution in [-0.4, -0.2) is 29.6 Å². The van der Waals surface area contributed by atoms with Crippen LogP contribution in [0.15, 0.2) is 18.2 Å². The molecule has 1 fully saturated rings. The third-order valence-electron chi connectivity index (χ3n) is 3.51. The molecule has 2 nitrogen and oxygen atoms in total. The fourth-order valence-electron chi connectivity index (χ4n) is 2.73. The lowest BCUT2D eigenvalue weighted by atomic mass is 10.1. The number of halogens is 1. The largest absolute Gasteiger partial charge is 0.367 e. The zero-order chi connectivity index (χ0) is 14.7. The first-order chi connectivity index (χ1) is 9.47. The molecule has 1 aliphatic heterocycles. The van der Waals surface area contributed by atoms with Crippen LogP contribution in [0.3, 0.4) is 0 Å². The first-order valence-corrected chi connectivity index (χ1v) is 8.32. The lowest BCUT2D eigenvalue weighted by Gasteiger charge is -2.37. The Kier molecular flexibility index (Phi) is 5.33. The van der Waals surface area contributed by atoms with Crippen LogP contribution in [0.1, 0.15) is 33.3 Å². The number of hydrogen-bond donors (Lipinski definition) is 1. The van der Waals surface area contributed by atoms with E-state index in [1.807, 2.05) is 23.9 Å². The molecule has 0 saturated carbocycles. The van der Waals surface area contributed by atoms with Gasteiger partial charge in [-0.3, -0.25) is 0 Å². The monoisotopic (exact) mass is 296 g/mol. The fraction of sp³-hybridized carbons (Fsp3) is 0.625. The quantitative estimate of drug-likeness (QED) is 0.913. The Morgan fingerprint density at radius 1 is 1.30 bits per heavy atom. The second-order valence-corrected chi connectivity index (χ2v) is 7.83. The minimum Gasteiger partial charge on any atom is -0.367 e. The van der Waals surface area contributed by atoms with Crippen molar-refractivity contribution in [2.75, 3.05) is 18.0 Å². The van der Waals surface area contributed by atoms with Crippen molar-refractivity contribution in [3.63, 3.8) is 0 Å². The molecule has 0 spiro atoms. The molecule has 112 valence electrons. The average molecular weight is 296 g/mol. The summed E-state index contributed by atoms with van der Waals surface area (Å²) >= 11 is 1.99. The van der Waals surface area contributed by atoms with Gasteiger partial charge in [0.25, 0.3) is 0 Å². The summed E-state index contributed by atoms with van der Waals surface area (Å²) in [7, 11) is 0. The number of benzene rings is 1. The Balaban J connectivity index is 2.24. The van der Waals surface area contributed by atoms with E-state index in [9.17, 15) is 4.39 Å². The minimum atomic E-state index is -0.0978. The maximum absolute atomic E-state index is 14.3. The Labute approximate surface area is 126 Å². The van der Waals surface area contributed by atoms with E-state index in [0.29, 0.717) is 16.5 Å². The van der Waals surface area contributed by atoms with Crippen LogP contribution in [0.5, 0.6) is 0 Å². The minimum absolute atomic E-state index is 0.0978. The molecule has 2 atom stereocenters. The van der Waals surface area contributed by atoms with E-state index in [0.717, 1.165) is 30.9 Å². The van der Waals surface area contributed by atoms with E-state index in [1.165, 1.54) is 0 Å². The number of hydrogen-bond acceptors (Lipinski definition) is 3. The highest BCUT2D eigenvalue weighted by molar-refractivity contribution is 8.00. The van der Waals surface area contributed by atoms with Crippen molar-refractivity contribution >= 4 is 17.4 Å². The second kappa shape index (κ2) is 6.81. The van der Waals surface area contributed by atoms with Gasteiger partial charge >= 0.3 is 0 Å². The van der Waals surface area contributed by atoms with E-state index < -0.39 is 0 Å².